The van der Waals surface area contributed by atoms with E-state index in [1.165, 1.54) is 27.3 Å². The highest BCUT2D eigenvalue weighted by Crippen LogP contribution is 2.43. The summed E-state index contributed by atoms with van der Waals surface area (Å²) in [6.07, 6.45) is 1.06. The van der Waals surface area contributed by atoms with Crippen molar-refractivity contribution < 1.29 is 4.74 Å². The second kappa shape index (κ2) is 4.06. The summed E-state index contributed by atoms with van der Waals surface area (Å²) in [6, 6.07) is 15.5. The molecule has 1 nitrogen and oxygen atoms in total. The van der Waals surface area contributed by atoms with Gasteiger partial charge in [0, 0.05) is 23.0 Å². The van der Waals surface area contributed by atoms with Gasteiger partial charge in [0.25, 0.3) is 0 Å². The van der Waals surface area contributed by atoms with Crippen LogP contribution in [0.15, 0.2) is 47.4 Å². The van der Waals surface area contributed by atoms with E-state index >= 15 is 0 Å². The topological polar surface area (TPSA) is 9.23 Å². The molecule has 0 N–H and O–H groups in total. The van der Waals surface area contributed by atoms with Crippen LogP contribution in [0.2, 0.25) is 0 Å². The van der Waals surface area contributed by atoms with E-state index in [4.69, 9.17) is 4.74 Å². The first-order valence-electron chi connectivity index (χ1n) is 6.39. The second-order valence-electron chi connectivity index (χ2n) is 4.87. The Balaban J connectivity index is 1.77. The van der Waals surface area contributed by atoms with Crippen LogP contribution in [-0.2, 0) is 6.42 Å². The number of ether oxygens (including phenoxy) is 1. The summed E-state index contributed by atoms with van der Waals surface area (Å²) in [6.45, 7) is 0.842. The van der Waals surface area contributed by atoms with E-state index in [0.29, 0.717) is 5.92 Å². The number of benzene rings is 2. The van der Waals surface area contributed by atoms with Gasteiger partial charge < -0.3 is 4.74 Å². The van der Waals surface area contributed by atoms with E-state index in [-0.39, 0.29) is 0 Å². The van der Waals surface area contributed by atoms with E-state index in [2.05, 4.69) is 42.5 Å². The molecule has 2 heteroatoms. The highest BCUT2D eigenvalue weighted by molar-refractivity contribution is 7.99. The Morgan fingerprint density at radius 3 is 3.06 bits per heavy atom. The van der Waals surface area contributed by atoms with Crippen molar-refractivity contribution in [2.24, 2.45) is 0 Å². The van der Waals surface area contributed by atoms with Gasteiger partial charge in [-0.1, -0.05) is 30.3 Å². The first-order chi connectivity index (χ1) is 8.92. The predicted octanol–water partition coefficient (Wildman–Crippen LogP) is 3.86. The minimum absolute atomic E-state index is 0.553. The molecule has 1 unspecified atom stereocenters. The summed E-state index contributed by atoms with van der Waals surface area (Å²) in [5.74, 6) is 2.80. The monoisotopic (exact) mass is 254 g/mol. The number of rotatable bonds is 1. The lowest BCUT2D eigenvalue weighted by molar-refractivity contribution is 0.357. The van der Waals surface area contributed by atoms with Gasteiger partial charge >= 0.3 is 0 Å². The Hall–Kier alpha value is -1.41. The minimum Gasteiger partial charge on any atom is -0.493 e. The molecule has 0 radical (unpaired) electrons. The van der Waals surface area contributed by atoms with Crippen LogP contribution in [0, 0.1) is 0 Å². The van der Waals surface area contributed by atoms with Crippen LogP contribution in [0.25, 0.3) is 0 Å². The maximum absolute atomic E-state index is 5.58. The summed E-state index contributed by atoms with van der Waals surface area (Å²) in [4.78, 5) is 1.44. The number of fused-ring (bicyclic) bond motifs is 2. The molecule has 0 bridgehead atoms. The van der Waals surface area contributed by atoms with Crippen LogP contribution in [0.1, 0.15) is 22.6 Å². The number of hydrogen-bond acceptors (Lipinski definition) is 2. The fourth-order valence-corrected chi connectivity index (χ4v) is 4.13. The standard InChI is InChI=1S/C16H14OS/c1-2-4-16-13(3-1)14(10-18-16)11-5-6-15-12(9-11)7-8-17-15/h1-6,9,14H,7-8,10H2. The van der Waals surface area contributed by atoms with Gasteiger partial charge in [0.2, 0.25) is 0 Å². The van der Waals surface area contributed by atoms with Gasteiger partial charge in [0.15, 0.2) is 0 Å². The predicted molar refractivity (Wildman–Crippen MR) is 74.7 cm³/mol. The van der Waals surface area contributed by atoms with Crippen molar-refractivity contribution in [1.29, 1.82) is 0 Å². The lowest BCUT2D eigenvalue weighted by Crippen LogP contribution is -1.99. The minimum atomic E-state index is 0.553. The molecule has 90 valence electrons. The molecule has 1 atom stereocenters. The zero-order valence-corrected chi connectivity index (χ0v) is 10.9. The fourth-order valence-electron chi connectivity index (χ4n) is 2.86. The third-order valence-corrected chi connectivity index (χ3v) is 5.00. The van der Waals surface area contributed by atoms with E-state index < -0.39 is 0 Å². The maximum Gasteiger partial charge on any atom is 0.122 e. The van der Waals surface area contributed by atoms with Gasteiger partial charge in [-0.3, -0.25) is 0 Å². The van der Waals surface area contributed by atoms with Crippen molar-refractivity contribution in [2.45, 2.75) is 17.2 Å². The molecule has 0 saturated heterocycles. The normalized spacial score (nSPS) is 20.3. The lowest BCUT2D eigenvalue weighted by atomic mass is 9.92. The number of thioether (sulfide) groups is 1. The van der Waals surface area contributed by atoms with Crippen molar-refractivity contribution in [2.75, 3.05) is 12.4 Å². The van der Waals surface area contributed by atoms with Crippen molar-refractivity contribution in [3.8, 4) is 5.75 Å². The number of hydrogen-bond donors (Lipinski definition) is 0. The third-order valence-electron chi connectivity index (χ3n) is 3.82. The van der Waals surface area contributed by atoms with Gasteiger partial charge in [-0.15, -0.1) is 11.8 Å². The van der Waals surface area contributed by atoms with Crippen LogP contribution in [-0.4, -0.2) is 12.4 Å². The van der Waals surface area contributed by atoms with Crippen molar-refractivity contribution in [3.05, 3.63) is 59.2 Å². The molecule has 0 aromatic heterocycles. The Morgan fingerprint density at radius 2 is 2.06 bits per heavy atom. The average molecular weight is 254 g/mol. The van der Waals surface area contributed by atoms with E-state index in [9.17, 15) is 0 Å². The molecular weight excluding hydrogens is 240 g/mol. The van der Waals surface area contributed by atoms with Gasteiger partial charge in [-0.05, 0) is 28.8 Å². The Kier molecular flexibility index (Phi) is 2.37. The quantitative estimate of drug-likeness (QED) is 0.764. The third kappa shape index (κ3) is 1.56. The zero-order valence-electron chi connectivity index (χ0n) is 10.1. The first-order valence-corrected chi connectivity index (χ1v) is 7.38. The summed E-state index contributed by atoms with van der Waals surface area (Å²) >= 11 is 1.97. The molecular formula is C16H14OS. The summed E-state index contributed by atoms with van der Waals surface area (Å²) < 4.78 is 5.58. The summed E-state index contributed by atoms with van der Waals surface area (Å²) in [7, 11) is 0. The lowest BCUT2D eigenvalue weighted by Gasteiger charge is -2.12. The Labute approximate surface area is 111 Å². The van der Waals surface area contributed by atoms with Gasteiger partial charge in [-0.25, -0.2) is 0 Å². The van der Waals surface area contributed by atoms with Crippen LogP contribution in [0.4, 0.5) is 0 Å². The molecule has 2 aliphatic rings. The fraction of sp³-hybridized carbons (Fsp3) is 0.250. The molecule has 18 heavy (non-hydrogen) atoms. The van der Waals surface area contributed by atoms with Gasteiger partial charge in [0.1, 0.15) is 5.75 Å². The second-order valence-corrected chi connectivity index (χ2v) is 5.93. The van der Waals surface area contributed by atoms with Crippen LogP contribution < -0.4 is 4.74 Å². The zero-order chi connectivity index (χ0) is 11.9. The SMILES string of the molecule is c1ccc2c(c1)SCC2c1ccc2c(c1)CCO2. The van der Waals surface area contributed by atoms with E-state index in [0.717, 1.165) is 18.8 Å². The van der Waals surface area contributed by atoms with Crippen LogP contribution >= 0.6 is 11.8 Å². The van der Waals surface area contributed by atoms with Gasteiger partial charge in [0.05, 0.1) is 6.61 Å². The molecule has 2 aliphatic heterocycles. The Bertz CT molecular complexity index is 606. The molecule has 2 heterocycles. The summed E-state index contributed by atoms with van der Waals surface area (Å²) in [5.41, 5.74) is 4.31. The molecule has 0 aliphatic carbocycles. The van der Waals surface area contributed by atoms with E-state index in [1.807, 2.05) is 11.8 Å². The van der Waals surface area contributed by atoms with Crippen molar-refractivity contribution in [1.82, 2.24) is 0 Å². The summed E-state index contributed by atoms with van der Waals surface area (Å²) in [5, 5.41) is 0. The highest BCUT2D eigenvalue weighted by Gasteiger charge is 2.25. The highest BCUT2D eigenvalue weighted by atomic mass is 32.2. The molecule has 0 spiro atoms. The van der Waals surface area contributed by atoms with E-state index in [1.54, 1.807) is 0 Å². The Morgan fingerprint density at radius 1 is 1.11 bits per heavy atom. The molecule has 4 rings (SSSR count). The molecule has 2 aromatic rings. The average Bonchev–Trinajstić information content (AvgIpc) is 3.04. The van der Waals surface area contributed by atoms with Crippen LogP contribution in [0.5, 0.6) is 5.75 Å². The molecule has 2 aromatic carbocycles. The van der Waals surface area contributed by atoms with Crippen molar-refractivity contribution >= 4 is 11.8 Å². The maximum atomic E-state index is 5.58. The van der Waals surface area contributed by atoms with Crippen molar-refractivity contribution in [3.63, 3.8) is 0 Å². The smallest absolute Gasteiger partial charge is 0.122 e. The largest absolute Gasteiger partial charge is 0.493 e. The van der Waals surface area contributed by atoms with Crippen LogP contribution in [0.3, 0.4) is 0 Å². The van der Waals surface area contributed by atoms with Gasteiger partial charge in [-0.2, -0.15) is 0 Å². The first kappa shape index (κ1) is 10.5. The molecule has 0 amide bonds. The molecule has 0 fully saturated rings. The molecule has 0 saturated carbocycles.